The summed E-state index contributed by atoms with van der Waals surface area (Å²) in [4.78, 5) is 20.2. The second kappa shape index (κ2) is 4.22. The molecule has 0 bridgehead atoms. The number of H-pyrrole nitrogens is 1. The molecule has 1 aliphatic rings. The third kappa shape index (κ3) is 2.91. The zero-order valence-corrected chi connectivity index (χ0v) is 6.28. The highest BCUT2D eigenvalue weighted by Gasteiger charge is 2.15. The number of hydrogen-bond donors (Lipinski definition) is 2. The molecule has 2 N–H and O–H groups in total. The highest BCUT2D eigenvalue weighted by molar-refractivity contribution is 6.01. The van der Waals surface area contributed by atoms with Crippen molar-refractivity contribution in [1.29, 1.82) is 0 Å². The van der Waals surface area contributed by atoms with E-state index in [2.05, 4.69) is 20.7 Å². The quantitative estimate of drug-likeness (QED) is 0.498. The van der Waals surface area contributed by atoms with E-state index in [0.717, 1.165) is 0 Å². The summed E-state index contributed by atoms with van der Waals surface area (Å²) in [6.07, 6.45) is 3.91. The number of aromatic nitrogens is 3. The van der Waals surface area contributed by atoms with Gasteiger partial charge in [0.05, 0.1) is 12.4 Å². The van der Waals surface area contributed by atoms with Crippen LogP contribution in [-0.4, -0.2) is 27.2 Å². The van der Waals surface area contributed by atoms with Gasteiger partial charge < -0.3 is 0 Å². The number of aromatic amines is 1. The van der Waals surface area contributed by atoms with Crippen molar-refractivity contribution in [2.24, 2.45) is 0 Å². The average Bonchev–Trinajstić information content (AvgIpc) is 2.63. The van der Waals surface area contributed by atoms with E-state index in [4.69, 9.17) is 0 Å². The van der Waals surface area contributed by atoms with Gasteiger partial charge in [-0.2, -0.15) is 15.4 Å². The van der Waals surface area contributed by atoms with E-state index in [1.165, 1.54) is 0 Å². The smallest absolute Gasteiger partial charge is 0.227 e. The van der Waals surface area contributed by atoms with Crippen LogP contribution in [0, 0.1) is 0 Å². The maximum absolute atomic E-state index is 10.1. The summed E-state index contributed by atoms with van der Waals surface area (Å²) in [6, 6.07) is 0. The minimum Gasteiger partial charge on any atom is -0.296 e. The molecule has 0 radical (unpaired) electrons. The highest BCUT2D eigenvalue weighted by atomic mass is 16.2. The molecule has 2 heterocycles. The van der Waals surface area contributed by atoms with Crippen LogP contribution in [0.3, 0.4) is 0 Å². The van der Waals surface area contributed by atoms with Crippen molar-refractivity contribution >= 4 is 11.8 Å². The molecule has 1 aliphatic heterocycles. The molecular weight excluding hydrogens is 160 g/mol. The fraction of sp³-hybridized carbons (Fsp3) is 0.333. The number of rotatable bonds is 0. The second-order valence-corrected chi connectivity index (χ2v) is 2.13. The molecule has 2 rings (SSSR count). The van der Waals surface area contributed by atoms with Crippen LogP contribution < -0.4 is 5.32 Å². The number of amides is 2. The van der Waals surface area contributed by atoms with E-state index in [9.17, 15) is 9.59 Å². The van der Waals surface area contributed by atoms with Gasteiger partial charge in [0.1, 0.15) is 0 Å². The molecule has 1 aromatic rings. The fourth-order valence-electron chi connectivity index (χ4n) is 0.674. The van der Waals surface area contributed by atoms with Gasteiger partial charge in [0.2, 0.25) is 11.8 Å². The Kier molecular flexibility index (Phi) is 2.95. The Morgan fingerprint density at radius 1 is 1.08 bits per heavy atom. The minimum absolute atomic E-state index is 0.148. The molecule has 0 saturated carbocycles. The van der Waals surface area contributed by atoms with E-state index >= 15 is 0 Å². The lowest BCUT2D eigenvalue weighted by Crippen LogP contribution is -2.18. The topological polar surface area (TPSA) is 87.7 Å². The van der Waals surface area contributed by atoms with Gasteiger partial charge >= 0.3 is 0 Å². The number of imide groups is 1. The highest BCUT2D eigenvalue weighted by Crippen LogP contribution is 1.95. The van der Waals surface area contributed by atoms with Crippen LogP contribution in [0.2, 0.25) is 0 Å². The van der Waals surface area contributed by atoms with Crippen molar-refractivity contribution in [2.45, 2.75) is 12.8 Å². The Hall–Kier alpha value is -1.72. The van der Waals surface area contributed by atoms with Gasteiger partial charge in [-0.15, -0.1) is 0 Å². The molecule has 1 saturated heterocycles. The third-order valence-electron chi connectivity index (χ3n) is 1.19. The molecule has 2 amide bonds. The molecule has 1 aromatic heterocycles. The SMILES string of the molecule is O=C1CCC(=O)N1.c1cn[nH]n1. The predicted octanol–water partition coefficient (Wildman–Crippen LogP) is -0.772. The van der Waals surface area contributed by atoms with Gasteiger partial charge in [-0.1, -0.05) is 0 Å². The van der Waals surface area contributed by atoms with Crippen molar-refractivity contribution in [1.82, 2.24) is 20.7 Å². The standard InChI is InChI=1S/C4H5NO2.C2H3N3/c6-3-1-2-4(7)5-3;1-2-4-5-3-1/h1-2H2,(H,5,6,7);1-2H,(H,3,4,5). The van der Waals surface area contributed by atoms with Crippen molar-refractivity contribution in [3.8, 4) is 0 Å². The van der Waals surface area contributed by atoms with Crippen LogP contribution in [0.5, 0.6) is 0 Å². The first-order chi connectivity index (χ1) is 5.79. The Morgan fingerprint density at radius 3 is 1.75 bits per heavy atom. The molecule has 6 heteroatoms. The molecule has 0 unspecified atom stereocenters. The van der Waals surface area contributed by atoms with Gasteiger partial charge in [0.15, 0.2) is 0 Å². The Labute approximate surface area is 68.3 Å². The monoisotopic (exact) mass is 168 g/mol. The zero-order chi connectivity index (χ0) is 8.81. The summed E-state index contributed by atoms with van der Waals surface area (Å²) < 4.78 is 0. The molecule has 6 nitrogen and oxygen atoms in total. The normalized spacial score (nSPS) is 15.0. The Balaban J connectivity index is 0.000000127. The van der Waals surface area contributed by atoms with Crippen LogP contribution in [0.4, 0.5) is 0 Å². The van der Waals surface area contributed by atoms with Gasteiger partial charge in [0, 0.05) is 12.8 Å². The molecule has 0 aliphatic carbocycles. The second-order valence-electron chi connectivity index (χ2n) is 2.13. The van der Waals surface area contributed by atoms with E-state index in [-0.39, 0.29) is 11.8 Å². The van der Waals surface area contributed by atoms with Gasteiger partial charge in [-0.25, -0.2) is 0 Å². The minimum atomic E-state index is -0.148. The molecule has 12 heavy (non-hydrogen) atoms. The molecular formula is C6H8N4O2. The lowest BCUT2D eigenvalue weighted by atomic mass is 10.4. The Bertz CT molecular complexity index is 225. The van der Waals surface area contributed by atoms with Crippen molar-refractivity contribution < 1.29 is 9.59 Å². The van der Waals surface area contributed by atoms with Gasteiger partial charge in [-0.3, -0.25) is 14.9 Å². The molecule has 1 fully saturated rings. The van der Waals surface area contributed by atoms with E-state index in [1.54, 1.807) is 12.4 Å². The van der Waals surface area contributed by atoms with E-state index in [0.29, 0.717) is 12.8 Å². The maximum Gasteiger partial charge on any atom is 0.227 e. The summed E-state index contributed by atoms with van der Waals surface area (Å²) >= 11 is 0. The summed E-state index contributed by atoms with van der Waals surface area (Å²) in [5.41, 5.74) is 0. The predicted molar refractivity (Wildman–Crippen MR) is 38.8 cm³/mol. The van der Waals surface area contributed by atoms with Crippen LogP contribution >= 0.6 is 0 Å². The number of nitrogens with one attached hydrogen (secondary N) is 2. The van der Waals surface area contributed by atoms with Crippen LogP contribution in [0.1, 0.15) is 12.8 Å². The number of nitrogens with zero attached hydrogens (tertiary/aromatic N) is 2. The first-order valence-electron chi connectivity index (χ1n) is 3.41. The third-order valence-corrected chi connectivity index (χ3v) is 1.19. The lowest BCUT2D eigenvalue weighted by Gasteiger charge is -1.79. The number of hydrogen-bond acceptors (Lipinski definition) is 4. The first-order valence-corrected chi connectivity index (χ1v) is 3.41. The van der Waals surface area contributed by atoms with Gasteiger partial charge in [0.25, 0.3) is 0 Å². The van der Waals surface area contributed by atoms with Crippen molar-refractivity contribution in [3.05, 3.63) is 12.4 Å². The summed E-state index contributed by atoms with van der Waals surface area (Å²) in [5.74, 6) is -0.296. The first kappa shape index (κ1) is 8.38. The van der Waals surface area contributed by atoms with Crippen LogP contribution in [0.25, 0.3) is 0 Å². The molecule has 64 valence electrons. The Morgan fingerprint density at radius 2 is 1.58 bits per heavy atom. The largest absolute Gasteiger partial charge is 0.296 e. The maximum atomic E-state index is 10.1. The summed E-state index contributed by atoms with van der Waals surface area (Å²) in [7, 11) is 0. The van der Waals surface area contributed by atoms with Crippen LogP contribution in [0.15, 0.2) is 12.4 Å². The molecule has 0 spiro atoms. The summed E-state index contributed by atoms with van der Waals surface area (Å²) in [5, 5.41) is 11.5. The lowest BCUT2D eigenvalue weighted by molar-refractivity contribution is -0.124. The van der Waals surface area contributed by atoms with Crippen LogP contribution in [-0.2, 0) is 9.59 Å². The zero-order valence-electron chi connectivity index (χ0n) is 6.28. The van der Waals surface area contributed by atoms with E-state index in [1.807, 2.05) is 0 Å². The molecule has 0 atom stereocenters. The van der Waals surface area contributed by atoms with E-state index < -0.39 is 0 Å². The van der Waals surface area contributed by atoms with Crippen molar-refractivity contribution in [3.63, 3.8) is 0 Å². The van der Waals surface area contributed by atoms with Crippen molar-refractivity contribution in [2.75, 3.05) is 0 Å². The summed E-state index contributed by atoms with van der Waals surface area (Å²) in [6.45, 7) is 0. The van der Waals surface area contributed by atoms with Gasteiger partial charge in [-0.05, 0) is 0 Å². The number of carbonyl (C=O) groups is 2. The molecule has 0 aromatic carbocycles. The fourth-order valence-corrected chi connectivity index (χ4v) is 0.674. The number of carbonyl (C=O) groups excluding carboxylic acids is 2. The average molecular weight is 168 g/mol.